The first kappa shape index (κ1) is 14.5. The van der Waals surface area contributed by atoms with E-state index in [1.165, 1.54) is 0 Å². The van der Waals surface area contributed by atoms with Gasteiger partial charge in [-0.25, -0.2) is 4.98 Å². The standard InChI is InChI=1S/C14H21N5O/c1-4-7-15-13(9-11-10-19(2)18-17-11)12-6-5-8-16-14(12)20-3/h5-6,8,10,13,15H,4,7,9H2,1-3H3. The highest BCUT2D eigenvalue weighted by Gasteiger charge is 2.18. The van der Waals surface area contributed by atoms with Crippen molar-refractivity contribution >= 4 is 0 Å². The van der Waals surface area contributed by atoms with Gasteiger partial charge in [0.1, 0.15) is 0 Å². The van der Waals surface area contributed by atoms with Gasteiger partial charge in [-0.15, -0.1) is 5.10 Å². The van der Waals surface area contributed by atoms with Gasteiger partial charge >= 0.3 is 0 Å². The SMILES string of the molecule is CCCNC(Cc1cn(C)nn1)c1cccnc1OC. The zero-order valence-electron chi connectivity index (χ0n) is 12.2. The van der Waals surface area contributed by atoms with E-state index in [1.54, 1.807) is 18.0 Å². The van der Waals surface area contributed by atoms with E-state index in [9.17, 15) is 0 Å². The zero-order chi connectivity index (χ0) is 14.4. The van der Waals surface area contributed by atoms with Gasteiger partial charge in [-0.3, -0.25) is 4.68 Å². The Labute approximate surface area is 119 Å². The summed E-state index contributed by atoms with van der Waals surface area (Å²) in [6.07, 6.45) is 5.50. The van der Waals surface area contributed by atoms with Crippen LogP contribution in [0.1, 0.15) is 30.6 Å². The maximum atomic E-state index is 5.36. The Balaban J connectivity index is 2.22. The quantitative estimate of drug-likeness (QED) is 0.829. The van der Waals surface area contributed by atoms with Gasteiger partial charge in [0.2, 0.25) is 5.88 Å². The van der Waals surface area contributed by atoms with Crippen molar-refractivity contribution in [2.75, 3.05) is 13.7 Å². The van der Waals surface area contributed by atoms with Crippen LogP contribution in [0, 0.1) is 0 Å². The minimum Gasteiger partial charge on any atom is -0.481 e. The van der Waals surface area contributed by atoms with Gasteiger partial charge < -0.3 is 10.1 Å². The van der Waals surface area contributed by atoms with Crippen LogP contribution < -0.4 is 10.1 Å². The van der Waals surface area contributed by atoms with Crippen LogP contribution in [0.15, 0.2) is 24.5 Å². The third-order valence-corrected chi connectivity index (χ3v) is 3.07. The summed E-state index contributed by atoms with van der Waals surface area (Å²) >= 11 is 0. The number of hydrogen-bond donors (Lipinski definition) is 1. The van der Waals surface area contributed by atoms with Crippen LogP contribution in [0.2, 0.25) is 0 Å². The van der Waals surface area contributed by atoms with E-state index < -0.39 is 0 Å². The topological polar surface area (TPSA) is 64.9 Å². The molecule has 0 aromatic carbocycles. The molecule has 0 fully saturated rings. The molecular weight excluding hydrogens is 254 g/mol. The molecule has 0 saturated carbocycles. The molecule has 2 heterocycles. The number of pyridine rings is 1. The average Bonchev–Trinajstić information content (AvgIpc) is 2.88. The normalized spacial score (nSPS) is 12.3. The fraction of sp³-hybridized carbons (Fsp3) is 0.500. The second-order valence-electron chi connectivity index (χ2n) is 4.70. The minimum absolute atomic E-state index is 0.121. The maximum Gasteiger partial charge on any atom is 0.217 e. The minimum atomic E-state index is 0.121. The highest BCUT2D eigenvalue weighted by atomic mass is 16.5. The lowest BCUT2D eigenvalue weighted by Crippen LogP contribution is -2.25. The zero-order valence-corrected chi connectivity index (χ0v) is 12.2. The van der Waals surface area contributed by atoms with Gasteiger partial charge in [0, 0.05) is 37.5 Å². The molecule has 1 N–H and O–H groups in total. The Bertz CT molecular complexity index is 540. The smallest absolute Gasteiger partial charge is 0.217 e. The van der Waals surface area contributed by atoms with Crippen LogP contribution in [0.4, 0.5) is 0 Å². The number of aromatic nitrogens is 4. The summed E-state index contributed by atoms with van der Waals surface area (Å²) in [7, 11) is 3.51. The number of hydrogen-bond acceptors (Lipinski definition) is 5. The Morgan fingerprint density at radius 1 is 1.45 bits per heavy atom. The van der Waals surface area contributed by atoms with E-state index in [0.717, 1.165) is 30.6 Å². The lowest BCUT2D eigenvalue weighted by atomic mass is 10.0. The third kappa shape index (κ3) is 3.54. The van der Waals surface area contributed by atoms with E-state index in [1.807, 2.05) is 25.4 Å². The molecule has 6 heteroatoms. The first-order valence-electron chi connectivity index (χ1n) is 6.82. The number of nitrogens with zero attached hydrogens (tertiary/aromatic N) is 4. The van der Waals surface area contributed by atoms with Gasteiger partial charge in [-0.05, 0) is 19.0 Å². The molecule has 0 spiro atoms. The van der Waals surface area contributed by atoms with E-state index in [2.05, 4.69) is 27.5 Å². The van der Waals surface area contributed by atoms with Crippen molar-refractivity contribution in [3.63, 3.8) is 0 Å². The Hall–Kier alpha value is -1.95. The predicted octanol–water partition coefficient (Wildman–Crippen LogP) is 1.50. The predicted molar refractivity (Wildman–Crippen MR) is 76.5 cm³/mol. The summed E-state index contributed by atoms with van der Waals surface area (Å²) in [6, 6.07) is 4.08. The van der Waals surface area contributed by atoms with Crippen LogP contribution in [-0.4, -0.2) is 33.6 Å². The second kappa shape index (κ2) is 7.00. The highest BCUT2D eigenvalue weighted by molar-refractivity contribution is 5.29. The van der Waals surface area contributed by atoms with Crippen molar-refractivity contribution in [1.82, 2.24) is 25.3 Å². The molecule has 0 radical (unpaired) electrons. The number of ether oxygens (including phenoxy) is 1. The van der Waals surface area contributed by atoms with E-state index in [-0.39, 0.29) is 6.04 Å². The molecule has 2 rings (SSSR count). The van der Waals surface area contributed by atoms with Crippen molar-refractivity contribution in [2.24, 2.45) is 7.05 Å². The maximum absolute atomic E-state index is 5.36. The largest absolute Gasteiger partial charge is 0.481 e. The molecule has 108 valence electrons. The highest BCUT2D eigenvalue weighted by Crippen LogP contribution is 2.24. The molecule has 2 aromatic heterocycles. The summed E-state index contributed by atoms with van der Waals surface area (Å²) < 4.78 is 7.07. The fourth-order valence-corrected chi connectivity index (χ4v) is 2.15. The molecule has 0 aliphatic rings. The molecule has 0 saturated heterocycles. The summed E-state index contributed by atoms with van der Waals surface area (Å²) in [5.41, 5.74) is 2.00. The van der Waals surface area contributed by atoms with Crippen molar-refractivity contribution in [3.8, 4) is 5.88 Å². The van der Waals surface area contributed by atoms with Crippen LogP contribution in [0.3, 0.4) is 0 Å². The second-order valence-corrected chi connectivity index (χ2v) is 4.70. The van der Waals surface area contributed by atoms with Crippen LogP contribution in [0.25, 0.3) is 0 Å². The lowest BCUT2D eigenvalue weighted by Gasteiger charge is -2.19. The fourth-order valence-electron chi connectivity index (χ4n) is 2.15. The monoisotopic (exact) mass is 275 g/mol. The summed E-state index contributed by atoms with van der Waals surface area (Å²) in [6.45, 7) is 3.08. The number of methoxy groups -OCH3 is 1. The van der Waals surface area contributed by atoms with E-state index in [0.29, 0.717) is 5.88 Å². The van der Waals surface area contributed by atoms with E-state index in [4.69, 9.17) is 4.74 Å². The Morgan fingerprint density at radius 2 is 2.30 bits per heavy atom. The molecule has 0 bridgehead atoms. The van der Waals surface area contributed by atoms with Gasteiger partial charge in [0.15, 0.2) is 0 Å². The van der Waals surface area contributed by atoms with Gasteiger partial charge in [0.25, 0.3) is 0 Å². The number of aryl methyl sites for hydroxylation is 1. The molecule has 0 amide bonds. The molecule has 0 aliphatic heterocycles. The van der Waals surface area contributed by atoms with Gasteiger partial charge in [0.05, 0.1) is 12.8 Å². The van der Waals surface area contributed by atoms with Crippen LogP contribution in [-0.2, 0) is 13.5 Å². The van der Waals surface area contributed by atoms with Crippen LogP contribution >= 0.6 is 0 Å². The number of nitrogens with one attached hydrogen (secondary N) is 1. The summed E-state index contributed by atoms with van der Waals surface area (Å²) in [4.78, 5) is 4.27. The van der Waals surface area contributed by atoms with Gasteiger partial charge in [-0.1, -0.05) is 18.2 Å². The van der Waals surface area contributed by atoms with E-state index >= 15 is 0 Å². The summed E-state index contributed by atoms with van der Waals surface area (Å²) in [5.74, 6) is 0.657. The first-order valence-corrected chi connectivity index (χ1v) is 6.82. The first-order chi connectivity index (χ1) is 9.74. The Kier molecular flexibility index (Phi) is 5.06. The molecule has 1 unspecified atom stereocenters. The van der Waals surface area contributed by atoms with Crippen molar-refractivity contribution in [1.29, 1.82) is 0 Å². The molecule has 6 nitrogen and oxygen atoms in total. The van der Waals surface area contributed by atoms with Crippen molar-refractivity contribution in [2.45, 2.75) is 25.8 Å². The molecule has 20 heavy (non-hydrogen) atoms. The molecule has 1 atom stereocenters. The lowest BCUT2D eigenvalue weighted by molar-refractivity contribution is 0.381. The van der Waals surface area contributed by atoms with Crippen molar-refractivity contribution < 1.29 is 4.74 Å². The van der Waals surface area contributed by atoms with Crippen molar-refractivity contribution in [3.05, 3.63) is 35.8 Å². The van der Waals surface area contributed by atoms with Crippen LogP contribution in [0.5, 0.6) is 5.88 Å². The molecular formula is C14H21N5O. The van der Waals surface area contributed by atoms with Gasteiger partial charge in [-0.2, -0.15) is 0 Å². The average molecular weight is 275 g/mol. The molecule has 0 aliphatic carbocycles. The summed E-state index contributed by atoms with van der Waals surface area (Å²) in [5, 5.41) is 11.7. The Morgan fingerprint density at radius 3 is 2.95 bits per heavy atom. The third-order valence-electron chi connectivity index (χ3n) is 3.07. The molecule has 2 aromatic rings. The number of rotatable bonds is 7.